The molecule has 0 spiro atoms. The van der Waals surface area contributed by atoms with E-state index in [4.69, 9.17) is 9.47 Å². The van der Waals surface area contributed by atoms with Crippen LogP contribution < -0.4 is 19.7 Å². The first-order valence-corrected chi connectivity index (χ1v) is 9.70. The van der Waals surface area contributed by atoms with Crippen LogP contribution in [0.4, 0.5) is 11.4 Å². The molecule has 4 rings (SSSR count). The van der Waals surface area contributed by atoms with Gasteiger partial charge in [-0.05, 0) is 54.4 Å². The fourth-order valence-electron chi connectivity index (χ4n) is 3.25. The second-order valence-corrected chi connectivity index (χ2v) is 7.15. The zero-order chi connectivity index (χ0) is 20.9. The number of carbonyl (C=O) groups excluding carboxylic acids is 2. The molecule has 0 saturated heterocycles. The summed E-state index contributed by atoms with van der Waals surface area (Å²) in [5, 5.41) is 2.86. The van der Waals surface area contributed by atoms with Gasteiger partial charge in [-0.2, -0.15) is 0 Å². The van der Waals surface area contributed by atoms with Crippen LogP contribution >= 0.6 is 0 Å². The van der Waals surface area contributed by atoms with Gasteiger partial charge in [0.05, 0.1) is 12.2 Å². The van der Waals surface area contributed by atoms with E-state index in [2.05, 4.69) is 5.32 Å². The number of esters is 1. The molecule has 1 N–H and O–H groups in total. The van der Waals surface area contributed by atoms with Crippen molar-refractivity contribution in [3.05, 3.63) is 83.9 Å². The fourth-order valence-corrected chi connectivity index (χ4v) is 3.25. The lowest BCUT2D eigenvalue weighted by Crippen LogP contribution is -2.41. The van der Waals surface area contributed by atoms with Crippen molar-refractivity contribution in [1.82, 2.24) is 0 Å². The van der Waals surface area contributed by atoms with Gasteiger partial charge in [0.25, 0.3) is 0 Å². The predicted molar refractivity (Wildman–Crippen MR) is 115 cm³/mol. The Bertz CT molecular complexity index is 1050. The molecule has 0 saturated carbocycles. The molecule has 0 radical (unpaired) electrons. The van der Waals surface area contributed by atoms with Crippen LogP contribution in [0.2, 0.25) is 0 Å². The first-order chi connectivity index (χ1) is 14.6. The molecule has 0 aromatic heterocycles. The van der Waals surface area contributed by atoms with E-state index in [1.165, 1.54) is 0 Å². The van der Waals surface area contributed by atoms with Crippen molar-refractivity contribution in [3.8, 4) is 11.5 Å². The van der Waals surface area contributed by atoms with E-state index in [0.29, 0.717) is 18.0 Å². The van der Waals surface area contributed by atoms with Gasteiger partial charge in [0.15, 0.2) is 5.75 Å². The number of carbonyl (C=O) groups is 2. The summed E-state index contributed by atoms with van der Waals surface area (Å²) in [5.41, 5.74) is 3.48. The molecule has 1 aliphatic rings. The standard InChI is InChI=1S/C24H22N2O4/c1-17-7-12-21-22(13-17)30-24(28)15-26(21)14-23(27)25-19-8-10-20(11-9-19)29-16-18-5-3-2-4-6-18/h2-13H,14-16H2,1H3,(H,25,27). The van der Waals surface area contributed by atoms with Crippen LogP contribution in [0, 0.1) is 6.92 Å². The summed E-state index contributed by atoms with van der Waals surface area (Å²) < 4.78 is 11.0. The molecule has 0 atom stereocenters. The van der Waals surface area contributed by atoms with Gasteiger partial charge in [0.1, 0.15) is 18.9 Å². The summed E-state index contributed by atoms with van der Waals surface area (Å²) in [6, 6.07) is 22.7. The van der Waals surface area contributed by atoms with Gasteiger partial charge in [0, 0.05) is 5.69 Å². The molecule has 0 fully saturated rings. The van der Waals surface area contributed by atoms with E-state index < -0.39 is 0 Å². The van der Waals surface area contributed by atoms with Gasteiger partial charge in [-0.1, -0.05) is 36.4 Å². The smallest absolute Gasteiger partial charge is 0.331 e. The average Bonchev–Trinajstić information content (AvgIpc) is 2.73. The maximum atomic E-state index is 12.5. The second-order valence-electron chi connectivity index (χ2n) is 7.15. The Morgan fingerprint density at radius 1 is 1.07 bits per heavy atom. The van der Waals surface area contributed by atoms with Crippen molar-refractivity contribution in [3.63, 3.8) is 0 Å². The van der Waals surface area contributed by atoms with Crippen LogP contribution in [0.1, 0.15) is 11.1 Å². The third-order valence-electron chi connectivity index (χ3n) is 4.72. The molecular weight excluding hydrogens is 380 g/mol. The number of nitrogens with one attached hydrogen (secondary N) is 1. The summed E-state index contributed by atoms with van der Waals surface area (Å²) in [7, 11) is 0. The minimum Gasteiger partial charge on any atom is -0.489 e. The maximum Gasteiger partial charge on any atom is 0.331 e. The van der Waals surface area contributed by atoms with E-state index >= 15 is 0 Å². The quantitative estimate of drug-likeness (QED) is 0.500. The van der Waals surface area contributed by atoms with Crippen LogP contribution in [0.15, 0.2) is 72.8 Å². The Hall–Kier alpha value is -3.80. The first-order valence-electron chi connectivity index (χ1n) is 9.70. The van der Waals surface area contributed by atoms with Crippen LogP contribution in [-0.4, -0.2) is 25.0 Å². The van der Waals surface area contributed by atoms with Crippen LogP contribution in [0.25, 0.3) is 0 Å². The highest BCUT2D eigenvalue weighted by molar-refractivity contribution is 5.96. The lowest BCUT2D eigenvalue weighted by molar-refractivity contribution is -0.133. The summed E-state index contributed by atoms with van der Waals surface area (Å²) in [6.45, 7) is 2.50. The Labute approximate surface area is 175 Å². The number of anilines is 2. The second kappa shape index (κ2) is 8.69. The number of aryl methyl sites for hydroxylation is 1. The Morgan fingerprint density at radius 3 is 2.60 bits per heavy atom. The highest BCUT2D eigenvalue weighted by Crippen LogP contribution is 2.32. The molecule has 0 bridgehead atoms. The minimum atomic E-state index is -0.374. The molecule has 1 aliphatic heterocycles. The fraction of sp³-hybridized carbons (Fsp3) is 0.167. The molecule has 1 heterocycles. The molecular formula is C24H22N2O4. The zero-order valence-electron chi connectivity index (χ0n) is 16.6. The number of rotatable bonds is 6. The molecule has 152 valence electrons. The molecule has 30 heavy (non-hydrogen) atoms. The van der Waals surface area contributed by atoms with Crippen molar-refractivity contribution in [2.24, 2.45) is 0 Å². The van der Waals surface area contributed by atoms with Gasteiger partial charge < -0.3 is 19.7 Å². The van der Waals surface area contributed by atoms with Crippen LogP contribution in [-0.2, 0) is 16.2 Å². The van der Waals surface area contributed by atoms with Crippen molar-refractivity contribution < 1.29 is 19.1 Å². The largest absolute Gasteiger partial charge is 0.489 e. The monoisotopic (exact) mass is 402 g/mol. The van der Waals surface area contributed by atoms with Crippen molar-refractivity contribution in [2.75, 3.05) is 23.3 Å². The molecule has 3 aromatic carbocycles. The molecule has 6 nitrogen and oxygen atoms in total. The number of benzene rings is 3. The predicted octanol–water partition coefficient (Wildman–Crippen LogP) is 3.94. The topological polar surface area (TPSA) is 67.9 Å². The molecule has 0 aliphatic carbocycles. The number of hydrogen-bond acceptors (Lipinski definition) is 5. The normalized spacial score (nSPS) is 12.7. The molecule has 1 amide bonds. The highest BCUT2D eigenvalue weighted by atomic mass is 16.5. The number of hydrogen-bond donors (Lipinski definition) is 1. The van der Waals surface area contributed by atoms with Gasteiger partial charge in [-0.15, -0.1) is 0 Å². The first kappa shape index (κ1) is 19.5. The van der Waals surface area contributed by atoms with E-state index in [9.17, 15) is 9.59 Å². The Kier molecular flexibility index (Phi) is 5.66. The SMILES string of the molecule is Cc1ccc2c(c1)OC(=O)CN2CC(=O)Nc1ccc(OCc2ccccc2)cc1. The molecule has 0 unspecified atom stereocenters. The van der Waals surface area contributed by atoms with E-state index in [-0.39, 0.29) is 25.0 Å². The summed E-state index contributed by atoms with van der Waals surface area (Å²) in [6.07, 6.45) is 0. The summed E-state index contributed by atoms with van der Waals surface area (Å²) >= 11 is 0. The number of fused-ring (bicyclic) bond motifs is 1. The Balaban J connectivity index is 1.35. The van der Waals surface area contributed by atoms with Crippen LogP contribution in [0.3, 0.4) is 0 Å². The minimum absolute atomic E-state index is 0.0374. The maximum absolute atomic E-state index is 12.5. The van der Waals surface area contributed by atoms with Crippen LogP contribution in [0.5, 0.6) is 11.5 Å². The lowest BCUT2D eigenvalue weighted by Gasteiger charge is -2.29. The van der Waals surface area contributed by atoms with E-state index in [1.807, 2.05) is 61.5 Å². The number of ether oxygens (including phenoxy) is 2. The number of nitrogens with zero attached hydrogens (tertiary/aromatic N) is 1. The van der Waals surface area contributed by atoms with Gasteiger partial charge in [-0.3, -0.25) is 4.79 Å². The van der Waals surface area contributed by atoms with Gasteiger partial charge >= 0.3 is 5.97 Å². The van der Waals surface area contributed by atoms with E-state index in [1.54, 1.807) is 23.1 Å². The van der Waals surface area contributed by atoms with Crippen molar-refractivity contribution in [2.45, 2.75) is 13.5 Å². The number of amides is 1. The zero-order valence-corrected chi connectivity index (χ0v) is 16.6. The molecule has 3 aromatic rings. The summed E-state index contributed by atoms with van der Waals surface area (Å²) in [5.74, 6) is 0.619. The third-order valence-corrected chi connectivity index (χ3v) is 4.72. The Morgan fingerprint density at radius 2 is 1.83 bits per heavy atom. The van der Waals surface area contributed by atoms with Crippen molar-refractivity contribution >= 4 is 23.3 Å². The molecule has 6 heteroatoms. The average molecular weight is 402 g/mol. The van der Waals surface area contributed by atoms with Crippen molar-refractivity contribution in [1.29, 1.82) is 0 Å². The van der Waals surface area contributed by atoms with Gasteiger partial charge in [-0.25, -0.2) is 4.79 Å². The third kappa shape index (κ3) is 4.78. The van der Waals surface area contributed by atoms with Gasteiger partial charge in [0.2, 0.25) is 5.91 Å². The van der Waals surface area contributed by atoms with E-state index in [0.717, 1.165) is 22.6 Å². The lowest BCUT2D eigenvalue weighted by atomic mass is 10.1. The highest BCUT2D eigenvalue weighted by Gasteiger charge is 2.25. The summed E-state index contributed by atoms with van der Waals surface area (Å²) in [4.78, 5) is 26.1.